The summed E-state index contributed by atoms with van der Waals surface area (Å²) < 4.78 is 1.43. The number of rotatable bonds is 3. The van der Waals surface area contributed by atoms with Crippen molar-refractivity contribution in [1.82, 2.24) is 19.7 Å². The number of anilines is 2. The number of aliphatic hydroxyl groups excluding tert-OH is 1. The van der Waals surface area contributed by atoms with Gasteiger partial charge < -0.3 is 15.7 Å². The second-order valence-corrected chi connectivity index (χ2v) is 4.85. The average Bonchev–Trinajstić information content (AvgIpc) is 3.11. The molecule has 2 aromatic heterocycles. The first-order valence-corrected chi connectivity index (χ1v) is 6.68. The van der Waals surface area contributed by atoms with Crippen molar-refractivity contribution in [2.24, 2.45) is 0 Å². The first-order chi connectivity index (χ1) is 10.3. The summed E-state index contributed by atoms with van der Waals surface area (Å²) in [5, 5.41) is 23.2. The molecule has 8 heteroatoms. The van der Waals surface area contributed by atoms with Crippen molar-refractivity contribution in [1.29, 1.82) is 5.26 Å². The van der Waals surface area contributed by atoms with Crippen LogP contribution in [0.25, 0.3) is 5.82 Å². The van der Waals surface area contributed by atoms with Crippen molar-refractivity contribution in [3.8, 4) is 11.9 Å². The van der Waals surface area contributed by atoms with Crippen LogP contribution in [0.2, 0.25) is 0 Å². The summed E-state index contributed by atoms with van der Waals surface area (Å²) in [5.41, 5.74) is 6.34. The van der Waals surface area contributed by atoms with Gasteiger partial charge in [-0.2, -0.15) is 9.94 Å². The Hall–Kier alpha value is -2.66. The molecule has 108 valence electrons. The zero-order valence-corrected chi connectivity index (χ0v) is 11.3. The molecule has 1 fully saturated rings. The van der Waals surface area contributed by atoms with E-state index in [-0.39, 0.29) is 18.5 Å². The van der Waals surface area contributed by atoms with Crippen molar-refractivity contribution in [2.75, 3.05) is 23.8 Å². The smallest absolute Gasteiger partial charge is 0.171 e. The van der Waals surface area contributed by atoms with Crippen LogP contribution in [0.15, 0.2) is 18.6 Å². The molecular formula is C13H15N7O. The first-order valence-electron chi connectivity index (χ1n) is 6.68. The third-order valence-electron chi connectivity index (χ3n) is 3.66. The lowest BCUT2D eigenvalue weighted by atomic mass is 10.2. The van der Waals surface area contributed by atoms with Gasteiger partial charge in [-0.15, -0.1) is 5.10 Å². The van der Waals surface area contributed by atoms with E-state index in [0.717, 1.165) is 19.4 Å². The molecule has 0 spiro atoms. The average molecular weight is 285 g/mol. The molecule has 1 aliphatic heterocycles. The van der Waals surface area contributed by atoms with E-state index in [1.54, 1.807) is 12.3 Å². The Morgan fingerprint density at radius 3 is 3.05 bits per heavy atom. The zero-order chi connectivity index (χ0) is 14.8. The van der Waals surface area contributed by atoms with Crippen LogP contribution in [0.3, 0.4) is 0 Å². The second kappa shape index (κ2) is 5.38. The highest BCUT2D eigenvalue weighted by molar-refractivity contribution is 5.67. The van der Waals surface area contributed by atoms with Gasteiger partial charge in [0.1, 0.15) is 23.8 Å². The number of aromatic nitrogens is 4. The monoisotopic (exact) mass is 285 g/mol. The highest BCUT2D eigenvalue weighted by atomic mass is 16.3. The summed E-state index contributed by atoms with van der Waals surface area (Å²) in [6, 6.07) is 3.75. The molecule has 1 atom stereocenters. The summed E-state index contributed by atoms with van der Waals surface area (Å²) in [7, 11) is 0. The van der Waals surface area contributed by atoms with E-state index in [1.807, 2.05) is 4.90 Å². The molecule has 0 bridgehead atoms. The van der Waals surface area contributed by atoms with Gasteiger partial charge in [0.15, 0.2) is 11.6 Å². The van der Waals surface area contributed by atoms with E-state index >= 15 is 0 Å². The number of nitrogens with two attached hydrogens (primary N) is 1. The zero-order valence-electron chi connectivity index (χ0n) is 11.3. The van der Waals surface area contributed by atoms with E-state index in [4.69, 9.17) is 5.73 Å². The molecule has 3 rings (SSSR count). The minimum Gasteiger partial charge on any atom is -0.394 e. The fourth-order valence-corrected chi connectivity index (χ4v) is 2.62. The second-order valence-electron chi connectivity index (χ2n) is 4.85. The molecule has 0 amide bonds. The Balaban J connectivity index is 2.08. The van der Waals surface area contributed by atoms with E-state index in [0.29, 0.717) is 17.2 Å². The van der Waals surface area contributed by atoms with Gasteiger partial charge >= 0.3 is 0 Å². The van der Waals surface area contributed by atoms with Crippen LogP contribution < -0.4 is 10.6 Å². The molecular weight excluding hydrogens is 270 g/mol. The van der Waals surface area contributed by atoms with Crippen molar-refractivity contribution in [3.63, 3.8) is 0 Å². The van der Waals surface area contributed by atoms with Crippen LogP contribution in [-0.2, 0) is 0 Å². The minimum atomic E-state index is -0.0229. The van der Waals surface area contributed by atoms with Gasteiger partial charge in [0.2, 0.25) is 0 Å². The van der Waals surface area contributed by atoms with Gasteiger partial charge in [0.05, 0.1) is 12.6 Å². The summed E-state index contributed by atoms with van der Waals surface area (Å²) in [6.45, 7) is 0.783. The van der Waals surface area contributed by atoms with Crippen molar-refractivity contribution in [3.05, 3.63) is 24.2 Å². The van der Waals surface area contributed by atoms with Crippen LogP contribution in [0.1, 0.15) is 18.4 Å². The Kier molecular flexibility index (Phi) is 3.41. The number of aliphatic hydroxyl groups is 1. The highest BCUT2D eigenvalue weighted by Gasteiger charge is 2.30. The van der Waals surface area contributed by atoms with Gasteiger partial charge in [-0.1, -0.05) is 0 Å². The van der Waals surface area contributed by atoms with Crippen molar-refractivity contribution >= 4 is 11.6 Å². The first kappa shape index (κ1) is 13.3. The molecule has 0 radical (unpaired) electrons. The molecule has 2 aromatic rings. The Morgan fingerprint density at radius 2 is 2.38 bits per heavy atom. The van der Waals surface area contributed by atoms with Gasteiger partial charge in [-0.25, -0.2) is 9.97 Å². The normalized spacial score (nSPS) is 17.9. The maximum Gasteiger partial charge on any atom is 0.171 e. The Labute approximate surface area is 121 Å². The van der Waals surface area contributed by atoms with Crippen LogP contribution in [0.4, 0.5) is 11.6 Å². The van der Waals surface area contributed by atoms with Crippen molar-refractivity contribution in [2.45, 2.75) is 18.9 Å². The van der Waals surface area contributed by atoms with Crippen LogP contribution >= 0.6 is 0 Å². The maximum atomic E-state index is 9.44. The number of nitriles is 1. The third-order valence-corrected chi connectivity index (χ3v) is 3.66. The molecule has 0 saturated carbocycles. The van der Waals surface area contributed by atoms with Crippen LogP contribution in [-0.4, -0.2) is 44.0 Å². The lowest BCUT2D eigenvalue weighted by molar-refractivity contribution is 0.266. The van der Waals surface area contributed by atoms with Gasteiger partial charge in [0, 0.05) is 18.8 Å². The van der Waals surface area contributed by atoms with E-state index in [9.17, 15) is 10.4 Å². The molecule has 0 aliphatic carbocycles. The predicted octanol–water partition coefficient (Wildman–Crippen LogP) is 0.0773. The van der Waals surface area contributed by atoms with E-state index < -0.39 is 0 Å². The Bertz CT molecular complexity index is 676. The number of nitrogens with zero attached hydrogens (tertiary/aromatic N) is 6. The maximum absolute atomic E-state index is 9.44. The van der Waals surface area contributed by atoms with E-state index in [2.05, 4.69) is 21.1 Å². The number of hydrogen-bond donors (Lipinski definition) is 2. The fraction of sp³-hybridized carbons (Fsp3) is 0.385. The third kappa shape index (κ3) is 2.17. The predicted molar refractivity (Wildman–Crippen MR) is 75.7 cm³/mol. The topological polar surface area (TPSA) is 117 Å². The lowest BCUT2D eigenvalue weighted by Gasteiger charge is -2.22. The van der Waals surface area contributed by atoms with Crippen LogP contribution in [0.5, 0.6) is 0 Å². The lowest BCUT2D eigenvalue weighted by Crippen LogP contribution is -2.33. The van der Waals surface area contributed by atoms with Crippen molar-refractivity contribution < 1.29 is 5.11 Å². The molecule has 1 aliphatic rings. The summed E-state index contributed by atoms with van der Waals surface area (Å²) in [5.74, 6) is 1.25. The fourth-order valence-electron chi connectivity index (χ4n) is 2.62. The Morgan fingerprint density at radius 1 is 1.52 bits per heavy atom. The van der Waals surface area contributed by atoms with Gasteiger partial charge in [-0.05, 0) is 12.8 Å². The molecule has 3 heterocycles. The minimum absolute atomic E-state index is 0.0229. The SMILES string of the molecule is N#Cc1c(N2CCCC2CO)nn(-c2ccncn2)c1N. The largest absolute Gasteiger partial charge is 0.394 e. The van der Waals surface area contributed by atoms with E-state index in [1.165, 1.54) is 11.0 Å². The molecule has 1 saturated heterocycles. The number of nitrogen functional groups attached to an aromatic ring is 1. The summed E-state index contributed by atoms with van der Waals surface area (Å²) in [6.07, 6.45) is 4.81. The molecule has 3 N–H and O–H groups in total. The molecule has 8 nitrogen and oxygen atoms in total. The number of hydrogen-bond acceptors (Lipinski definition) is 7. The summed E-state index contributed by atoms with van der Waals surface area (Å²) in [4.78, 5) is 9.88. The molecule has 0 aromatic carbocycles. The quantitative estimate of drug-likeness (QED) is 0.819. The highest BCUT2D eigenvalue weighted by Crippen LogP contribution is 2.31. The molecule has 1 unspecified atom stereocenters. The van der Waals surface area contributed by atoms with Gasteiger partial charge in [0.25, 0.3) is 0 Å². The van der Waals surface area contributed by atoms with Crippen LogP contribution in [0, 0.1) is 11.3 Å². The molecule has 21 heavy (non-hydrogen) atoms. The summed E-state index contributed by atoms with van der Waals surface area (Å²) >= 11 is 0. The standard InChI is InChI=1S/C13H15N7O/c14-6-10-12(15)20(11-3-4-16-8-17-11)18-13(10)19-5-1-2-9(19)7-21/h3-4,8-9,21H,1-2,5,7,15H2. The van der Waals surface area contributed by atoms with Gasteiger partial charge in [-0.3, -0.25) is 0 Å².